The number of carboxylic acids is 1. The van der Waals surface area contributed by atoms with E-state index in [4.69, 9.17) is 10.2 Å². The number of aromatic carboxylic acids is 1. The van der Waals surface area contributed by atoms with Crippen LogP contribution >= 0.6 is 0 Å². The molecule has 0 spiro atoms. The first-order valence-corrected chi connectivity index (χ1v) is 3.87. The van der Waals surface area contributed by atoms with Gasteiger partial charge in [-0.15, -0.1) is 0 Å². The van der Waals surface area contributed by atoms with Crippen LogP contribution in [0.15, 0.2) is 12.3 Å². The Bertz CT molecular complexity index is 518. The number of aromatic nitrogens is 3. The van der Waals surface area contributed by atoms with Crippen LogP contribution in [0.25, 0.3) is 5.78 Å². The first-order valence-electron chi connectivity index (χ1n) is 3.87. The van der Waals surface area contributed by atoms with Gasteiger partial charge in [-0.2, -0.15) is 4.98 Å². The zero-order valence-electron chi connectivity index (χ0n) is 7.30. The monoisotopic (exact) mass is 193 g/mol. The predicted molar refractivity (Wildman–Crippen MR) is 46.3 cm³/mol. The minimum absolute atomic E-state index is 0.0828. The molecular weight excluding hydrogens is 186 g/mol. The van der Waals surface area contributed by atoms with E-state index in [2.05, 4.69) is 9.97 Å². The van der Waals surface area contributed by atoms with E-state index in [-0.39, 0.29) is 17.4 Å². The summed E-state index contributed by atoms with van der Waals surface area (Å²) in [6.45, 7) is 1.71. The lowest BCUT2D eigenvalue weighted by Crippen LogP contribution is -2.04. The summed E-state index contributed by atoms with van der Waals surface area (Å²) in [7, 11) is 0. The van der Waals surface area contributed by atoms with Crippen molar-refractivity contribution in [2.75, 3.05) is 0 Å². The molecule has 0 aliphatic carbocycles. The van der Waals surface area contributed by atoms with Crippen LogP contribution in [0.5, 0.6) is 5.88 Å². The Labute approximate surface area is 78.5 Å². The van der Waals surface area contributed by atoms with Crippen molar-refractivity contribution in [3.8, 4) is 5.88 Å². The fourth-order valence-corrected chi connectivity index (χ4v) is 1.21. The number of hydrogen-bond acceptors (Lipinski definition) is 4. The molecule has 2 rings (SSSR count). The van der Waals surface area contributed by atoms with Crippen molar-refractivity contribution in [2.24, 2.45) is 0 Å². The van der Waals surface area contributed by atoms with Crippen molar-refractivity contribution in [1.82, 2.24) is 14.4 Å². The Balaban J connectivity index is 2.77. The molecule has 2 aromatic heterocycles. The van der Waals surface area contributed by atoms with E-state index >= 15 is 0 Å². The lowest BCUT2D eigenvalue weighted by atomic mass is 10.3. The van der Waals surface area contributed by atoms with Gasteiger partial charge in [-0.25, -0.2) is 9.78 Å². The molecule has 0 atom stereocenters. The average molecular weight is 193 g/mol. The second kappa shape index (κ2) is 2.69. The molecule has 2 heterocycles. The van der Waals surface area contributed by atoms with Crippen molar-refractivity contribution in [2.45, 2.75) is 6.92 Å². The van der Waals surface area contributed by atoms with Crippen LogP contribution in [0, 0.1) is 6.92 Å². The topological polar surface area (TPSA) is 87.7 Å². The maximum absolute atomic E-state index is 10.6. The molecule has 72 valence electrons. The van der Waals surface area contributed by atoms with Crippen LogP contribution < -0.4 is 0 Å². The third kappa shape index (κ3) is 1.17. The minimum Gasteiger partial charge on any atom is -0.492 e. The number of hydrogen-bond donors (Lipinski definition) is 2. The smallest absolute Gasteiger partial charge is 0.354 e. The molecule has 0 saturated carbocycles. The van der Waals surface area contributed by atoms with Crippen molar-refractivity contribution in [3.63, 3.8) is 0 Å². The van der Waals surface area contributed by atoms with Crippen LogP contribution in [0.1, 0.15) is 16.2 Å². The van der Waals surface area contributed by atoms with E-state index in [1.54, 1.807) is 6.92 Å². The van der Waals surface area contributed by atoms with Crippen LogP contribution in [0.4, 0.5) is 0 Å². The molecule has 0 aliphatic heterocycles. The van der Waals surface area contributed by atoms with E-state index < -0.39 is 5.97 Å². The summed E-state index contributed by atoms with van der Waals surface area (Å²) in [6, 6.07) is 1.41. The van der Waals surface area contributed by atoms with E-state index in [0.717, 1.165) is 0 Å². The summed E-state index contributed by atoms with van der Waals surface area (Å²) in [5.74, 6) is -1.11. The molecule has 2 aromatic rings. The maximum Gasteiger partial charge on any atom is 0.354 e. The highest BCUT2D eigenvalue weighted by molar-refractivity contribution is 5.85. The quantitative estimate of drug-likeness (QED) is 0.686. The summed E-state index contributed by atoms with van der Waals surface area (Å²) < 4.78 is 1.52. The number of rotatable bonds is 1. The third-order valence-corrected chi connectivity index (χ3v) is 1.84. The van der Waals surface area contributed by atoms with Crippen LogP contribution in [-0.4, -0.2) is 30.6 Å². The Morgan fingerprint density at radius 3 is 2.86 bits per heavy atom. The fourth-order valence-electron chi connectivity index (χ4n) is 1.21. The Kier molecular flexibility index (Phi) is 1.63. The highest BCUT2D eigenvalue weighted by Crippen LogP contribution is 2.12. The van der Waals surface area contributed by atoms with E-state index in [1.165, 1.54) is 16.7 Å². The van der Waals surface area contributed by atoms with Crippen LogP contribution in [-0.2, 0) is 0 Å². The van der Waals surface area contributed by atoms with Crippen LogP contribution in [0.2, 0.25) is 0 Å². The third-order valence-electron chi connectivity index (χ3n) is 1.84. The number of aryl methyl sites for hydroxylation is 1. The standard InChI is InChI=1S/C8H7N3O3/c1-4-2-5(7(13)14)9-8-10-6(12)3-11(4)8/h2-3,12H,1H3,(H,13,14). The lowest BCUT2D eigenvalue weighted by molar-refractivity contribution is 0.0690. The summed E-state index contributed by atoms with van der Waals surface area (Å²) in [6.07, 6.45) is 1.38. The van der Waals surface area contributed by atoms with Gasteiger partial charge in [0.1, 0.15) is 0 Å². The van der Waals surface area contributed by atoms with Gasteiger partial charge in [0.2, 0.25) is 11.7 Å². The van der Waals surface area contributed by atoms with E-state index in [1.807, 2.05) is 0 Å². The molecule has 6 nitrogen and oxygen atoms in total. The predicted octanol–water partition coefficient (Wildman–Crippen LogP) is 0.442. The maximum atomic E-state index is 10.6. The fraction of sp³-hybridized carbons (Fsp3) is 0.125. The average Bonchev–Trinajstić information content (AvgIpc) is 2.45. The van der Waals surface area contributed by atoms with Gasteiger partial charge in [0.25, 0.3) is 0 Å². The second-order valence-corrected chi connectivity index (χ2v) is 2.86. The molecule has 0 saturated heterocycles. The second-order valence-electron chi connectivity index (χ2n) is 2.86. The number of carbonyl (C=O) groups is 1. The van der Waals surface area contributed by atoms with Crippen molar-refractivity contribution < 1.29 is 15.0 Å². The lowest BCUT2D eigenvalue weighted by Gasteiger charge is -1.99. The molecule has 0 aromatic carbocycles. The van der Waals surface area contributed by atoms with Crippen molar-refractivity contribution in [3.05, 3.63) is 23.7 Å². The number of aromatic hydroxyl groups is 1. The highest BCUT2D eigenvalue weighted by Gasteiger charge is 2.10. The van der Waals surface area contributed by atoms with Gasteiger partial charge in [-0.1, -0.05) is 0 Å². The summed E-state index contributed by atoms with van der Waals surface area (Å²) in [4.78, 5) is 18.1. The first kappa shape index (κ1) is 8.49. The Morgan fingerprint density at radius 1 is 1.50 bits per heavy atom. The minimum atomic E-state index is -1.11. The number of imidazole rings is 1. The number of carboxylic acid groups (broad SMARTS) is 1. The van der Waals surface area contributed by atoms with Crippen LogP contribution in [0.3, 0.4) is 0 Å². The zero-order chi connectivity index (χ0) is 10.3. The van der Waals surface area contributed by atoms with Gasteiger partial charge in [0.05, 0.1) is 6.20 Å². The summed E-state index contributed by atoms with van der Waals surface area (Å²) in [5.41, 5.74) is 0.570. The molecule has 0 amide bonds. The Morgan fingerprint density at radius 2 is 2.21 bits per heavy atom. The van der Waals surface area contributed by atoms with Gasteiger partial charge >= 0.3 is 5.97 Å². The molecule has 0 unspecified atom stereocenters. The van der Waals surface area contributed by atoms with Gasteiger partial charge < -0.3 is 10.2 Å². The zero-order valence-corrected chi connectivity index (χ0v) is 7.30. The molecule has 2 N–H and O–H groups in total. The number of fused-ring (bicyclic) bond motifs is 1. The molecule has 0 aliphatic rings. The van der Waals surface area contributed by atoms with Gasteiger partial charge in [0.15, 0.2) is 5.69 Å². The molecule has 14 heavy (non-hydrogen) atoms. The normalized spacial score (nSPS) is 10.6. The number of nitrogens with zero attached hydrogens (tertiary/aromatic N) is 3. The van der Waals surface area contributed by atoms with Crippen molar-refractivity contribution >= 4 is 11.7 Å². The molecule has 0 radical (unpaired) electrons. The SMILES string of the molecule is Cc1cc(C(=O)O)nc2nc(O)cn12. The summed E-state index contributed by atoms with van der Waals surface area (Å²) in [5, 5.41) is 17.8. The van der Waals surface area contributed by atoms with Gasteiger partial charge in [-0.3, -0.25) is 4.40 Å². The molecule has 6 heteroatoms. The molecule has 0 fully saturated rings. The first-order chi connectivity index (χ1) is 6.58. The largest absolute Gasteiger partial charge is 0.492 e. The summed E-state index contributed by atoms with van der Waals surface area (Å²) >= 11 is 0. The van der Waals surface area contributed by atoms with E-state index in [0.29, 0.717) is 5.69 Å². The van der Waals surface area contributed by atoms with Gasteiger partial charge in [-0.05, 0) is 13.0 Å². The van der Waals surface area contributed by atoms with E-state index in [9.17, 15) is 4.79 Å². The highest BCUT2D eigenvalue weighted by atomic mass is 16.4. The Hall–Kier alpha value is -2.11. The molecular formula is C8H7N3O3. The van der Waals surface area contributed by atoms with Crippen molar-refractivity contribution in [1.29, 1.82) is 0 Å². The molecule has 0 bridgehead atoms. The van der Waals surface area contributed by atoms with Gasteiger partial charge in [0, 0.05) is 5.69 Å².